The van der Waals surface area contributed by atoms with Crippen LogP contribution in [0.3, 0.4) is 0 Å². The number of carbonyl (C=O) groups is 1. The molecule has 0 bridgehead atoms. The zero-order chi connectivity index (χ0) is 12.7. The van der Waals surface area contributed by atoms with E-state index in [1.807, 2.05) is 13.8 Å². The van der Waals surface area contributed by atoms with Crippen LogP contribution >= 0.6 is 11.8 Å². The molecule has 1 aliphatic rings. The first kappa shape index (κ1) is 15.0. The van der Waals surface area contributed by atoms with Crippen molar-refractivity contribution in [2.75, 3.05) is 25.6 Å². The van der Waals surface area contributed by atoms with Crippen LogP contribution in [-0.2, 0) is 9.53 Å². The van der Waals surface area contributed by atoms with Crippen molar-refractivity contribution in [1.29, 1.82) is 0 Å². The summed E-state index contributed by atoms with van der Waals surface area (Å²) in [5, 5.41) is 8.84. The van der Waals surface area contributed by atoms with Crippen LogP contribution in [0.15, 0.2) is 0 Å². The largest absolute Gasteiger partial charge is 0.396 e. The summed E-state index contributed by atoms with van der Waals surface area (Å²) in [4.78, 5) is 11.8. The Morgan fingerprint density at radius 3 is 2.71 bits per heavy atom. The van der Waals surface area contributed by atoms with Crippen molar-refractivity contribution in [1.82, 2.24) is 0 Å². The molecule has 0 aromatic carbocycles. The van der Waals surface area contributed by atoms with Gasteiger partial charge in [-0.3, -0.25) is 4.79 Å². The lowest BCUT2D eigenvalue weighted by molar-refractivity contribution is -0.119. The van der Waals surface area contributed by atoms with Gasteiger partial charge in [-0.05, 0) is 25.2 Å². The van der Waals surface area contributed by atoms with E-state index in [1.54, 1.807) is 0 Å². The van der Waals surface area contributed by atoms with Crippen LogP contribution in [0.25, 0.3) is 0 Å². The van der Waals surface area contributed by atoms with Gasteiger partial charge in [-0.15, -0.1) is 0 Å². The van der Waals surface area contributed by atoms with E-state index in [0.717, 1.165) is 18.9 Å². The Morgan fingerprint density at radius 2 is 2.18 bits per heavy atom. The molecule has 3 nitrogen and oxygen atoms in total. The van der Waals surface area contributed by atoms with Gasteiger partial charge in [0.15, 0.2) is 5.12 Å². The van der Waals surface area contributed by atoms with E-state index in [0.29, 0.717) is 12.4 Å². The van der Waals surface area contributed by atoms with Gasteiger partial charge in [0, 0.05) is 24.4 Å². The Hall–Kier alpha value is -0.0600. The Labute approximate surface area is 108 Å². The lowest BCUT2D eigenvalue weighted by atomic mass is 9.86. The highest BCUT2D eigenvalue weighted by molar-refractivity contribution is 8.13. The third-order valence-electron chi connectivity index (χ3n) is 3.33. The number of aliphatic hydroxyl groups excluding tert-OH is 1. The number of rotatable bonds is 8. The average molecular weight is 260 g/mol. The van der Waals surface area contributed by atoms with Gasteiger partial charge >= 0.3 is 0 Å². The fraction of sp³-hybridized carbons (Fsp3) is 0.923. The zero-order valence-corrected chi connectivity index (χ0v) is 11.7. The Morgan fingerprint density at radius 1 is 1.47 bits per heavy atom. The molecule has 0 radical (unpaired) electrons. The average Bonchev–Trinajstić information content (AvgIpc) is 2.22. The van der Waals surface area contributed by atoms with E-state index in [1.165, 1.54) is 31.0 Å². The van der Waals surface area contributed by atoms with Crippen LogP contribution in [0.2, 0.25) is 0 Å². The second kappa shape index (κ2) is 7.39. The van der Waals surface area contributed by atoms with E-state index in [9.17, 15) is 4.79 Å². The highest BCUT2D eigenvalue weighted by Crippen LogP contribution is 2.29. The molecular weight excluding hydrogens is 236 g/mol. The van der Waals surface area contributed by atoms with Gasteiger partial charge < -0.3 is 9.84 Å². The van der Waals surface area contributed by atoms with Crippen molar-refractivity contribution in [2.45, 2.75) is 39.5 Å². The van der Waals surface area contributed by atoms with Crippen LogP contribution in [0, 0.1) is 11.3 Å². The molecule has 0 amide bonds. The molecule has 0 unspecified atom stereocenters. The maximum absolute atomic E-state index is 11.8. The number of carbonyl (C=O) groups excluding carboxylic acids is 1. The smallest absolute Gasteiger partial charge is 0.194 e. The predicted octanol–water partition coefficient (Wildman–Crippen LogP) is 2.47. The number of hydrogen-bond acceptors (Lipinski definition) is 4. The molecule has 17 heavy (non-hydrogen) atoms. The molecule has 1 fully saturated rings. The van der Waals surface area contributed by atoms with E-state index < -0.39 is 0 Å². The minimum atomic E-state index is -0.348. The third kappa shape index (κ3) is 5.40. The molecule has 4 heteroatoms. The molecule has 100 valence electrons. The second-order valence-electron chi connectivity index (χ2n) is 5.37. The van der Waals surface area contributed by atoms with E-state index in [4.69, 9.17) is 9.84 Å². The van der Waals surface area contributed by atoms with Crippen molar-refractivity contribution >= 4 is 16.9 Å². The lowest BCUT2D eigenvalue weighted by Crippen LogP contribution is -2.25. The molecule has 1 rings (SSSR count). The Balaban J connectivity index is 2.11. The van der Waals surface area contributed by atoms with E-state index >= 15 is 0 Å². The van der Waals surface area contributed by atoms with Crippen LogP contribution in [-0.4, -0.2) is 35.8 Å². The molecule has 1 N–H and O–H groups in total. The highest BCUT2D eigenvalue weighted by atomic mass is 32.2. The third-order valence-corrected chi connectivity index (χ3v) is 4.53. The first-order valence-corrected chi connectivity index (χ1v) is 7.40. The van der Waals surface area contributed by atoms with Crippen molar-refractivity contribution in [3.05, 3.63) is 0 Å². The van der Waals surface area contributed by atoms with Crippen molar-refractivity contribution < 1.29 is 14.6 Å². The topological polar surface area (TPSA) is 46.5 Å². The first-order chi connectivity index (χ1) is 8.06. The van der Waals surface area contributed by atoms with Gasteiger partial charge in [0.25, 0.3) is 0 Å². The van der Waals surface area contributed by atoms with Crippen LogP contribution in [0.1, 0.15) is 39.5 Å². The van der Waals surface area contributed by atoms with Crippen molar-refractivity contribution in [3.63, 3.8) is 0 Å². The number of ether oxygens (including phenoxy) is 1. The van der Waals surface area contributed by atoms with Gasteiger partial charge in [0.1, 0.15) is 0 Å². The Kier molecular flexibility index (Phi) is 6.52. The minimum Gasteiger partial charge on any atom is -0.396 e. The molecule has 0 aromatic heterocycles. The molecule has 1 saturated carbocycles. The van der Waals surface area contributed by atoms with Crippen LogP contribution in [0.5, 0.6) is 0 Å². The first-order valence-electron chi connectivity index (χ1n) is 6.42. The Bertz CT molecular complexity index is 237. The minimum absolute atomic E-state index is 0.0602. The SMILES string of the molecule is CC(C)(CCOCC1CCC1)C(=O)SCCO. The number of aliphatic hydroxyl groups is 1. The highest BCUT2D eigenvalue weighted by Gasteiger charge is 2.27. The van der Waals surface area contributed by atoms with E-state index in [-0.39, 0.29) is 17.1 Å². The van der Waals surface area contributed by atoms with Crippen LogP contribution < -0.4 is 0 Å². The predicted molar refractivity (Wildman–Crippen MR) is 71.1 cm³/mol. The summed E-state index contributed by atoms with van der Waals surface area (Å²) in [6, 6.07) is 0. The van der Waals surface area contributed by atoms with Crippen molar-refractivity contribution in [3.8, 4) is 0 Å². The summed E-state index contributed by atoms with van der Waals surface area (Å²) >= 11 is 1.22. The summed E-state index contributed by atoms with van der Waals surface area (Å²) < 4.78 is 5.62. The van der Waals surface area contributed by atoms with Gasteiger partial charge in [0.2, 0.25) is 0 Å². The zero-order valence-electron chi connectivity index (χ0n) is 10.9. The van der Waals surface area contributed by atoms with Gasteiger partial charge in [-0.25, -0.2) is 0 Å². The fourth-order valence-corrected chi connectivity index (χ4v) is 2.44. The maximum atomic E-state index is 11.8. The maximum Gasteiger partial charge on any atom is 0.194 e. The number of thioether (sulfide) groups is 1. The summed E-state index contributed by atoms with van der Waals surface area (Å²) in [6.07, 6.45) is 4.70. The van der Waals surface area contributed by atoms with Gasteiger partial charge in [0.05, 0.1) is 6.61 Å². The lowest BCUT2D eigenvalue weighted by Gasteiger charge is -2.26. The second-order valence-corrected chi connectivity index (χ2v) is 6.43. The quantitative estimate of drug-likeness (QED) is 0.681. The van der Waals surface area contributed by atoms with Gasteiger partial charge in [-0.2, -0.15) is 0 Å². The molecular formula is C13H24O3S. The standard InChI is InChI=1S/C13H24O3S/c1-13(2,12(15)17-9-7-14)6-8-16-10-11-4-3-5-11/h11,14H,3-10H2,1-2H3. The molecule has 1 aliphatic carbocycles. The number of hydrogen-bond donors (Lipinski definition) is 1. The molecule has 0 aliphatic heterocycles. The molecule has 0 atom stereocenters. The summed E-state index contributed by atoms with van der Waals surface area (Å²) in [7, 11) is 0. The molecule has 0 spiro atoms. The summed E-state index contributed by atoms with van der Waals surface area (Å²) in [6.45, 7) is 5.48. The normalized spacial score (nSPS) is 16.9. The molecule has 0 saturated heterocycles. The van der Waals surface area contributed by atoms with Gasteiger partial charge in [-0.1, -0.05) is 32.0 Å². The summed E-state index contributed by atoms with van der Waals surface area (Å²) in [5.74, 6) is 1.25. The van der Waals surface area contributed by atoms with E-state index in [2.05, 4.69) is 0 Å². The summed E-state index contributed by atoms with van der Waals surface area (Å²) in [5.41, 5.74) is -0.348. The fourth-order valence-electron chi connectivity index (χ4n) is 1.67. The monoisotopic (exact) mass is 260 g/mol. The van der Waals surface area contributed by atoms with Crippen LogP contribution in [0.4, 0.5) is 0 Å². The molecule has 0 aromatic rings. The molecule has 0 heterocycles. The van der Waals surface area contributed by atoms with Crippen molar-refractivity contribution in [2.24, 2.45) is 11.3 Å².